The average molecular weight is 262 g/mol. The largest absolute Gasteiger partial charge is 0.486 e. The highest BCUT2D eigenvalue weighted by molar-refractivity contribution is 6.00. The molecule has 0 saturated carbocycles. The van der Waals surface area contributed by atoms with Crippen molar-refractivity contribution in [1.29, 1.82) is 0 Å². The van der Waals surface area contributed by atoms with Gasteiger partial charge in [0.05, 0.1) is 17.6 Å². The molecule has 104 valence electrons. The normalized spacial score (nSPS) is 22.9. The maximum Gasteiger partial charge on any atom is 0.170 e. The Morgan fingerprint density at radius 3 is 2.74 bits per heavy atom. The number of hydrogen-bond acceptors (Lipinski definition) is 3. The summed E-state index contributed by atoms with van der Waals surface area (Å²) in [6.07, 6.45) is 1.08. The van der Waals surface area contributed by atoms with Gasteiger partial charge in [-0.25, -0.2) is 0 Å². The summed E-state index contributed by atoms with van der Waals surface area (Å²) in [5.74, 6) is 0.843. The van der Waals surface area contributed by atoms with Gasteiger partial charge in [-0.2, -0.15) is 0 Å². The molecular weight excluding hydrogens is 240 g/mol. The van der Waals surface area contributed by atoms with Crippen molar-refractivity contribution in [3.05, 3.63) is 29.3 Å². The lowest BCUT2D eigenvalue weighted by Crippen LogP contribution is -2.45. The first-order valence-electron chi connectivity index (χ1n) is 6.63. The number of fused-ring (bicyclic) bond motifs is 1. The second kappa shape index (κ2) is 4.64. The number of Topliss-reactive ketones (excluding diaryl/α,β-unsaturated/α-hetero) is 1. The molecule has 0 aromatic heterocycles. The number of hydrogen-bond donors (Lipinski definition) is 0. The molecule has 0 spiro atoms. The van der Waals surface area contributed by atoms with Gasteiger partial charge in [-0.05, 0) is 39.8 Å². The van der Waals surface area contributed by atoms with E-state index in [-0.39, 0.29) is 11.4 Å². The third kappa shape index (κ3) is 2.98. The Labute approximate surface area is 114 Å². The van der Waals surface area contributed by atoms with Crippen LogP contribution in [0, 0.1) is 6.92 Å². The molecule has 0 aliphatic carbocycles. The Morgan fingerprint density at radius 2 is 2.11 bits per heavy atom. The van der Waals surface area contributed by atoms with E-state index in [4.69, 9.17) is 9.47 Å². The molecule has 1 aliphatic rings. The van der Waals surface area contributed by atoms with Crippen molar-refractivity contribution in [2.75, 3.05) is 7.11 Å². The second-order valence-corrected chi connectivity index (χ2v) is 6.29. The zero-order valence-corrected chi connectivity index (χ0v) is 12.4. The number of carbonyl (C=O) groups is 1. The van der Waals surface area contributed by atoms with Crippen molar-refractivity contribution in [2.24, 2.45) is 0 Å². The molecule has 1 aliphatic heterocycles. The molecule has 0 radical (unpaired) electrons. The maximum absolute atomic E-state index is 12.3. The summed E-state index contributed by atoms with van der Waals surface area (Å²) in [4.78, 5) is 12.3. The van der Waals surface area contributed by atoms with Crippen LogP contribution in [0.2, 0.25) is 0 Å². The number of aryl methyl sites for hydroxylation is 1. The van der Waals surface area contributed by atoms with E-state index in [0.29, 0.717) is 24.2 Å². The lowest BCUT2D eigenvalue weighted by atomic mass is 9.83. The van der Waals surface area contributed by atoms with Crippen LogP contribution in [0.5, 0.6) is 5.75 Å². The van der Waals surface area contributed by atoms with Gasteiger partial charge < -0.3 is 9.47 Å². The van der Waals surface area contributed by atoms with Gasteiger partial charge in [0.1, 0.15) is 11.4 Å². The van der Waals surface area contributed by atoms with E-state index in [1.807, 2.05) is 45.9 Å². The van der Waals surface area contributed by atoms with Crippen LogP contribution in [0.15, 0.2) is 18.2 Å². The maximum atomic E-state index is 12.3. The SMILES string of the molecule is COC(C)(C)CC1(C)CC(=O)c2cc(C)ccc2O1. The highest BCUT2D eigenvalue weighted by Crippen LogP contribution is 2.38. The van der Waals surface area contributed by atoms with Gasteiger partial charge >= 0.3 is 0 Å². The lowest BCUT2D eigenvalue weighted by Gasteiger charge is -2.39. The van der Waals surface area contributed by atoms with E-state index in [1.54, 1.807) is 7.11 Å². The fourth-order valence-corrected chi connectivity index (χ4v) is 2.76. The first-order valence-corrected chi connectivity index (χ1v) is 6.63. The van der Waals surface area contributed by atoms with Crippen LogP contribution in [0.3, 0.4) is 0 Å². The molecule has 1 aromatic carbocycles. The van der Waals surface area contributed by atoms with Crippen LogP contribution in [0.4, 0.5) is 0 Å². The molecule has 3 nitrogen and oxygen atoms in total. The van der Waals surface area contributed by atoms with Crippen LogP contribution < -0.4 is 4.74 Å². The van der Waals surface area contributed by atoms with E-state index in [2.05, 4.69) is 0 Å². The van der Waals surface area contributed by atoms with Gasteiger partial charge in [0.25, 0.3) is 0 Å². The highest BCUT2D eigenvalue weighted by atomic mass is 16.5. The fraction of sp³-hybridized carbons (Fsp3) is 0.562. The van der Waals surface area contributed by atoms with Crippen molar-refractivity contribution in [3.8, 4) is 5.75 Å². The summed E-state index contributed by atoms with van der Waals surface area (Å²) in [5.41, 5.74) is 0.972. The highest BCUT2D eigenvalue weighted by Gasteiger charge is 2.40. The average Bonchev–Trinajstić information content (AvgIpc) is 2.29. The Morgan fingerprint density at radius 1 is 1.42 bits per heavy atom. The minimum atomic E-state index is -0.501. The van der Waals surface area contributed by atoms with Crippen LogP contribution >= 0.6 is 0 Å². The molecular formula is C16H22O3. The Bertz CT molecular complexity index is 505. The summed E-state index contributed by atoms with van der Waals surface area (Å²) in [6, 6.07) is 5.76. The van der Waals surface area contributed by atoms with Crippen molar-refractivity contribution in [3.63, 3.8) is 0 Å². The third-order valence-electron chi connectivity index (χ3n) is 3.68. The number of methoxy groups -OCH3 is 1. The van der Waals surface area contributed by atoms with Crippen molar-refractivity contribution < 1.29 is 14.3 Å². The first-order chi connectivity index (χ1) is 8.75. The van der Waals surface area contributed by atoms with Gasteiger partial charge in [0.2, 0.25) is 0 Å². The number of carbonyl (C=O) groups excluding carboxylic acids is 1. The Kier molecular flexibility index (Phi) is 3.43. The summed E-state index contributed by atoms with van der Waals surface area (Å²) >= 11 is 0. The first kappa shape index (κ1) is 14.1. The molecule has 1 unspecified atom stereocenters. The van der Waals surface area contributed by atoms with Crippen molar-refractivity contribution >= 4 is 5.78 Å². The lowest BCUT2D eigenvalue weighted by molar-refractivity contribution is -0.0501. The van der Waals surface area contributed by atoms with Crippen LogP contribution in [0.1, 0.15) is 49.5 Å². The zero-order chi connectivity index (χ0) is 14.3. The minimum absolute atomic E-state index is 0.152. The van der Waals surface area contributed by atoms with Crippen molar-refractivity contribution in [1.82, 2.24) is 0 Å². The molecule has 1 atom stereocenters. The van der Waals surface area contributed by atoms with E-state index in [1.165, 1.54) is 0 Å². The predicted octanol–water partition coefficient (Wildman–Crippen LogP) is 3.53. The quantitative estimate of drug-likeness (QED) is 0.836. The molecule has 0 bridgehead atoms. The summed E-state index contributed by atoms with van der Waals surface area (Å²) in [6.45, 7) is 7.98. The molecule has 0 amide bonds. The van der Waals surface area contributed by atoms with Gasteiger partial charge in [-0.15, -0.1) is 0 Å². The molecule has 3 heteroatoms. The van der Waals surface area contributed by atoms with Crippen LogP contribution in [0.25, 0.3) is 0 Å². The van der Waals surface area contributed by atoms with E-state index in [0.717, 1.165) is 5.56 Å². The topological polar surface area (TPSA) is 35.5 Å². The van der Waals surface area contributed by atoms with Crippen LogP contribution in [-0.2, 0) is 4.74 Å². The third-order valence-corrected chi connectivity index (χ3v) is 3.68. The molecule has 2 rings (SSSR count). The molecule has 1 heterocycles. The summed E-state index contributed by atoms with van der Waals surface area (Å²) in [7, 11) is 1.69. The minimum Gasteiger partial charge on any atom is -0.486 e. The summed E-state index contributed by atoms with van der Waals surface area (Å²) < 4.78 is 11.5. The van der Waals surface area contributed by atoms with Gasteiger partial charge in [0, 0.05) is 13.5 Å². The molecule has 0 saturated heterocycles. The van der Waals surface area contributed by atoms with Gasteiger partial charge in [0.15, 0.2) is 5.78 Å². The molecule has 19 heavy (non-hydrogen) atoms. The number of rotatable bonds is 3. The zero-order valence-electron chi connectivity index (χ0n) is 12.4. The van der Waals surface area contributed by atoms with Gasteiger partial charge in [-0.3, -0.25) is 4.79 Å². The van der Waals surface area contributed by atoms with E-state index in [9.17, 15) is 4.79 Å². The Balaban J connectivity index is 2.30. The monoisotopic (exact) mass is 262 g/mol. The fourth-order valence-electron chi connectivity index (χ4n) is 2.76. The number of ketones is 1. The molecule has 1 aromatic rings. The molecule has 0 fully saturated rings. The Hall–Kier alpha value is -1.35. The standard InChI is InChI=1S/C16H22O3/c1-11-6-7-14-12(8-11)13(17)9-16(4,19-14)10-15(2,3)18-5/h6-8H,9-10H2,1-5H3. The van der Waals surface area contributed by atoms with E-state index < -0.39 is 5.60 Å². The molecule has 0 N–H and O–H groups in total. The predicted molar refractivity (Wildman–Crippen MR) is 74.9 cm³/mol. The van der Waals surface area contributed by atoms with Crippen molar-refractivity contribution in [2.45, 2.75) is 51.7 Å². The number of benzene rings is 1. The summed E-state index contributed by atoms with van der Waals surface area (Å²) in [5, 5.41) is 0. The number of ether oxygens (including phenoxy) is 2. The van der Waals surface area contributed by atoms with Gasteiger partial charge in [-0.1, -0.05) is 11.6 Å². The van der Waals surface area contributed by atoms with E-state index >= 15 is 0 Å². The smallest absolute Gasteiger partial charge is 0.170 e. The second-order valence-electron chi connectivity index (χ2n) is 6.29. The van der Waals surface area contributed by atoms with Crippen LogP contribution in [-0.4, -0.2) is 24.1 Å².